The van der Waals surface area contributed by atoms with Crippen molar-refractivity contribution < 1.29 is 4.74 Å². The van der Waals surface area contributed by atoms with Crippen molar-refractivity contribution in [1.29, 1.82) is 0 Å². The molecule has 1 aliphatic carbocycles. The van der Waals surface area contributed by atoms with E-state index in [1.165, 1.54) is 44.1 Å². The van der Waals surface area contributed by atoms with Gasteiger partial charge in [-0.2, -0.15) is 0 Å². The van der Waals surface area contributed by atoms with Crippen molar-refractivity contribution in [1.82, 2.24) is 9.97 Å². The SMILES string of the molecule is CC.CCC.CNc1nc(C)cs1.Cc1ccnc2c1N=C(c1ccc(C3CCCCC3)cc1)C(C)(C)O2. The molecule has 0 unspecified atom stereocenters. The molecule has 0 saturated heterocycles. The minimum Gasteiger partial charge on any atom is -0.464 e. The monoisotopic (exact) mass is 536 g/mol. The van der Waals surface area contributed by atoms with E-state index in [0.717, 1.165) is 39.3 Å². The van der Waals surface area contributed by atoms with E-state index in [1.807, 2.05) is 39.3 Å². The molecule has 5 rings (SSSR count). The van der Waals surface area contributed by atoms with E-state index in [1.54, 1.807) is 17.5 Å². The molecule has 38 heavy (non-hydrogen) atoms. The van der Waals surface area contributed by atoms with Crippen molar-refractivity contribution in [2.75, 3.05) is 12.4 Å². The van der Waals surface area contributed by atoms with Gasteiger partial charge >= 0.3 is 0 Å². The predicted molar refractivity (Wildman–Crippen MR) is 166 cm³/mol. The lowest BCUT2D eigenvalue weighted by Crippen LogP contribution is -2.41. The summed E-state index contributed by atoms with van der Waals surface area (Å²) in [6.45, 7) is 16.4. The normalized spacial score (nSPS) is 15.6. The Bertz CT molecular complexity index is 1130. The minimum atomic E-state index is -0.486. The van der Waals surface area contributed by atoms with Gasteiger partial charge in [-0.15, -0.1) is 11.3 Å². The quantitative estimate of drug-likeness (QED) is 0.362. The van der Waals surface area contributed by atoms with Crippen LogP contribution in [0.5, 0.6) is 5.88 Å². The summed E-state index contributed by atoms with van der Waals surface area (Å²) in [7, 11) is 1.87. The van der Waals surface area contributed by atoms with Crippen LogP contribution in [0.25, 0.3) is 0 Å². The molecule has 0 radical (unpaired) electrons. The first-order chi connectivity index (χ1) is 18.3. The Labute approximate surface area is 235 Å². The third-order valence-electron chi connectivity index (χ3n) is 6.33. The van der Waals surface area contributed by atoms with Crippen LogP contribution >= 0.6 is 11.3 Å². The smallest absolute Gasteiger partial charge is 0.241 e. The molecule has 2 aromatic heterocycles. The van der Waals surface area contributed by atoms with Crippen LogP contribution in [0.1, 0.15) is 108 Å². The van der Waals surface area contributed by atoms with Gasteiger partial charge in [0.15, 0.2) is 5.13 Å². The number of benzene rings is 1. The van der Waals surface area contributed by atoms with Crippen LogP contribution in [0.4, 0.5) is 10.8 Å². The Morgan fingerprint density at radius 3 is 2.16 bits per heavy atom. The summed E-state index contributed by atoms with van der Waals surface area (Å²) in [5, 5.41) is 5.96. The number of rotatable bonds is 3. The Morgan fingerprint density at radius 1 is 1.00 bits per heavy atom. The molecular formula is C32H48N4OS. The van der Waals surface area contributed by atoms with Gasteiger partial charge in [0, 0.05) is 24.2 Å². The van der Waals surface area contributed by atoms with E-state index in [0.29, 0.717) is 5.88 Å². The fourth-order valence-electron chi connectivity index (χ4n) is 4.50. The summed E-state index contributed by atoms with van der Waals surface area (Å²) >= 11 is 1.63. The van der Waals surface area contributed by atoms with Crippen LogP contribution in [-0.2, 0) is 0 Å². The topological polar surface area (TPSA) is 59.4 Å². The van der Waals surface area contributed by atoms with E-state index in [9.17, 15) is 0 Å². The highest BCUT2D eigenvalue weighted by Crippen LogP contribution is 2.39. The van der Waals surface area contributed by atoms with Gasteiger partial charge in [0.05, 0.1) is 11.4 Å². The van der Waals surface area contributed by atoms with Crippen LogP contribution in [-0.4, -0.2) is 28.3 Å². The number of ether oxygens (including phenoxy) is 1. The average molecular weight is 537 g/mol. The summed E-state index contributed by atoms with van der Waals surface area (Å²) in [5.74, 6) is 1.36. The summed E-state index contributed by atoms with van der Waals surface area (Å²) in [4.78, 5) is 13.4. The largest absolute Gasteiger partial charge is 0.464 e. The molecule has 2 aliphatic rings. The second-order valence-electron chi connectivity index (χ2n) is 10.1. The lowest BCUT2D eigenvalue weighted by Gasteiger charge is -2.32. The van der Waals surface area contributed by atoms with Gasteiger partial charge in [-0.3, -0.25) is 0 Å². The fraction of sp³-hybridized carbons (Fsp3) is 0.531. The first-order valence-electron chi connectivity index (χ1n) is 14.2. The standard InChI is InChI=1S/C22H26N2O.C5H8N2S.C3H8.C2H6/c1-15-13-14-23-21-19(15)24-20(22(2,3)25-21)18-11-9-17(10-12-18)16-7-5-4-6-8-16;1-4-3-8-5(6-2)7-4;1-3-2;1-2/h9-14,16H,4-8H2,1-3H3;3H,1-2H3,(H,6,7);3H2,1-2H3;1-2H3. The van der Waals surface area contributed by atoms with Crippen LogP contribution in [0, 0.1) is 13.8 Å². The summed E-state index contributed by atoms with van der Waals surface area (Å²) in [5.41, 5.74) is 6.13. The molecule has 5 nitrogen and oxygen atoms in total. The number of fused-ring (bicyclic) bond motifs is 1. The van der Waals surface area contributed by atoms with Gasteiger partial charge in [0.25, 0.3) is 0 Å². The molecule has 6 heteroatoms. The molecule has 1 saturated carbocycles. The maximum atomic E-state index is 6.17. The van der Waals surface area contributed by atoms with Gasteiger partial charge in [0.1, 0.15) is 11.3 Å². The molecule has 3 heterocycles. The molecule has 1 aliphatic heterocycles. The first kappa shape index (κ1) is 31.5. The maximum absolute atomic E-state index is 6.17. The number of hydrogen-bond acceptors (Lipinski definition) is 6. The molecule has 1 fully saturated rings. The predicted octanol–water partition coefficient (Wildman–Crippen LogP) is 9.67. The molecule has 1 N–H and O–H groups in total. The van der Waals surface area contributed by atoms with Gasteiger partial charge in [-0.25, -0.2) is 15.0 Å². The Hall–Kier alpha value is -2.73. The number of thiazole rings is 1. The van der Waals surface area contributed by atoms with Crippen molar-refractivity contribution in [3.8, 4) is 5.88 Å². The zero-order valence-corrected chi connectivity index (χ0v) is 25.8. The van der Waals surface area contributed by atoms with Crippen molar-refractivity contribution in [3.63, 3.8) is 0 Å². The maximum Gasteiger partial charge on any atom is 0.241 e. The second kappa shape index (κ2) is 15.6. The third kappa shape index (κ3) is 8.65. The van der Waals surface area contributed by atoms with E-state index >= 15 is 0 Å². The lowest BCUT2D eigenvalue weighted by atomic mass is 9.83. The Kier molecular flexibility index (Phi) is 12.9. The Balaban J connectivity index is 0.000000326. The number of hydrogen-bond donors (Lipinski definition) is 1. The number of nitrogens with one attached hydrogen (secondary N) is 1. The zero-order valence-electron chi connectivity index (χ0n) is 25.0. The highest BCUT2D eigenvalue weighted by molar-refractivity contribution is 7.13. The van der Waals surface area contributed by atoms with Gasteiger partial charge in [-0.05, 0) is 63.6 Å². The molecule has 208 valence electrons. The van der Waals surface area contributed by atoms with Crippen molar-refractivity contribution in [3.05, 3.63) is 64.3 Å². The lowest BCUT2D eigenvalue weighted by molar-refractivity contribution is 0.171. The highest BCUT2D eigenvalue weighted by atomic mass is 32.1. The minimum absolute atomic E-state index is 0.486. The van der Waals surface area contributed by atoms with E-state index in [2.05, 4.69) is 74.2 Å². The van der Waals surface area contributed by atoms with Crippen molar-refractivity contribution >= 4 is 27.9 Å². The molecule has 1 aromatic carbocycles. The fourth-order valence-corrected chi connectivity index (χ4v) is 5.15. The zero-order chi connectivity index (χ0) is 28.1. The molecule has 0 atom stereocenters. The number of aromatic nitrogens is 2. The Morgan fingerprint density at radius 2 is 1.63 bits per heavy atom. The van der Waals surface area contributed by atoms with Crippen molar-refractivity contribution in [2.24, 2.45) is 4.99 Å². The van der Waals surface area contributed by atoms with E-state index in [4.69, 9.17) is 9.73 Å². The van der Waals surface area contributed by atoms with E-state index < -0.39 is 5.60 Å². The van der Waals surface area contributed by atoms with Crippen LogP contribution in [0.2, 0.25) is 0 Å². The first-order valence-corrected chi connectivity index (χ1v) is 15.1. The molecule has 0 bridgehead atoms. The number of pyridine rings is 1. The van der Waals surface area contributed by atoms with Gasteiger partial charge in [0.2, 0.25) is 5.88 Å². The van der Waals surface area contributed by atoms with Gasteiger partial charge in [-0.1, -0.05) is 77.6 Å². The second-order valence-corrected chi connectivity index (χ2v) is 10.9. The molecule has 0 amide bonds. The van der Waals surface area contributed by atoms with Crippen LogP contribution in [0.3, 0.4) is 0 Å². The summed E-state index contributed by atoms with van der Waals surface area (Å²) in [6.07, 6.45) is 9.81. The molecular weight excluding hydrogens is 488 g/mol. The van der Waals surface area contributed by atoms with Crippen molar-refractivity contribution in [2.45, 2.75) is 105 Å². The molecule has 0 spiro atoms. The summed E-state index contributed by atoms with van der Waals surface area (Å²) < 4.78 is 6.17. The number of aryl methyl sites for hydroxylation is 2. The van der Waals surface area contributed by atoms with Gasteiger partial charge < -0.3 is 10.1 Å². The number of aliphatic imine (C=N–C) groups is 1. The summed E-state index contributed by atoms with van der Waals surface area (Å²) in [6, 6.07) is 11.0. The number of anilines is 1. The van der Waals surface area contributed by atoms with E-state index in [-0.39, 0.29) is 0 Å². The number of nitrogens with zero attached hydrogens (tertiary/aromatic N) is 3. The van der Waals surface area contributed by atoms with Crippen LogP contribution < -0.4 is 10.1 Å². The average Bonchev–Trinajstić information content (AvgIpc) is 3.36. The molecule has 3 aromatic rings. The van der Waals surface area contributed by atoms with Crippen LogP contribution in [0.15, 0.2) is 46.9 Å². The third-order valence-corrected chi connectivity index (χ3v) is 7.31. The highest BCUT2D eigenvalue weighted by Gasteiger charge is 2.34.